The average Bonchev–Trinajstić information content (AvgIpc) is 3.27. The number of aromatic nitrogens is 3. The van der Waals surface area contributed by atoms with Crippen molar-refractivity contribution in [2.24, 2.45) is 24.8 Å². The Kier molecular flexibility index (Phi) is 6.61. The molecule has 0 aliphatic carbocycles. The first kappa shape index (κ1) is 24.6. The van der Waals surface area contributed by atoms with Gasteiger partial charge < -0.3 is 24.6 Å². The number of para-hydroxylation sites is 1. The predicted molar refractivity (Wildman–Crippen MR) is 137 cm³/mol. The molecule has 0 saturated heterocycles. The summed E-state index contributed by atoms with van der Waals surface area (Å²) in [6.07, 6.45) is 5.25. The van der Waals surface area contributed by atoms with Gasteiger partial charge in [0, 0.05) is 66.6 Å². The van der Waals surface area contributed by atoms with Gasteiger partial charge in [0.15, 0.2) is 5.75 Å². The van der Waals surface area contributed by atoms with E-state index in [1.807, 2.05) is 32.0 Å². The van der Waals surface area contributed by atoms with Crippen LogP contribution in [0, 0.1) is 13.8 Å². The van der Waals surface area contributed by atoms with Crippen LogP contribution >= 0.6 is 0 Å². The SMILES string of the molecule is Cc1cccc(C)c1Oc1cn(C)c(=O)cc1-c1cn(C)c(=O)c2[nH]c(C(=C/N)/C=N/C(F)F)cc12. The first-order valence-corrected chi connectivity index (χ1v) is 11.0. The fraction of sp³-hybridized carbons (Fsp3) is 0.192. The van der Waals surface area contributed by atoms with Crippen molar-refractivity contribution in [2.45, 2.75) is 20.4 Å². The predicted octanol–water partition coefficient (Wildman–Crippen LogP) is 4.23. The zero-order chi connectivity index (χ0) is 26.1. The molecule has 0 atom stereocenters. The third kappa shape index (κ3) is 4.57. The third-order valence-electron chi connectivity index (χ3n) is 5.88. The number of halogens is 2. The molecule has 3 heterocycles. The van der Waals surface area contributed by atoms with Gasteiger partial charge in [-0.2, -0.15) is 8.78 Å². The second-order valence-corrected chi connectivity index (χ2v) is 8.43. The van der Waals surface area contributed by atoms with Crippen LogP contribution in [-0.2, 0) is 14.1 Å². The van der Waals surface area contributed by atoms with E-state index in [2.05, 4.69) is 9.98 Å². The Morgan fingerprint density at radius 3 is 2.42 bits per heavy atom. The number of nitrogens with one attached hydrogen (secondary N) is 1. The fourth-order valence-corrected chi connectivity index (χ4v) is 4.01. The summed E-state index contributed by atoms with van der Waals surface area (Å²) in [5, 5.41) is 0.470. The van der Waals surface area contributed by atoms with E-state index in [4.69, 9.17) is 10.5 Å². The van der Waals surface area contributed by atoms with E-state index >= 15 is 0 Å². The Hall–Kier alpha value is -4.47. The van der Waals surface area contributed by atoms with Crippen molar-refractivity contribution in [3.05, 3.63) is 86.5 Å². The molecule has 10 heteroatoms. The van der Waals surface area contributed by atoms with Crippen molar-refractivity contribution < 1.29 is 13.5 Å². The molecular weight excluding hydrogens is 468 g/mol. The number of aryl methyl sites for hydroxylation is 4. The van der Waals surface area contributed by atoms with E-state index in [-0.39, 0.29) is 22.2 Å². The topological polar surface area (TPSA) is 107 Å². The van der Waals surface area contributed by atoms with Gasteiger partial charge in [0.1, 0.15) is 11.3 Å². The summed E-state index contributed by atoms with van der Waals surface area (Å²) < 4.78 is 34.4. The molecule has 0 aliphatic heterocycles. The van der Waals surface area contributed by atoms with Crippen LogP contribution in [0.25, 0.3) is 27.6 Å². The molecule has 0 bridgehead atoms. The normalized spacial score (nSPS) is 12.2. The van der Waals surface area contributed by atoms with Crippen molar-refractivity contribution in [1.82, 2.24) is 14.1 Å². The number of ether oxygens (including phenoxy) is 1. The van der Waals surface area contributed by atoms with Gasteiger partial charge in [-0.15, -0.1) is 0 Å². The molecule has 186 valence electrons. The highest BCUT2D eigenvalue weighted by Crippen LogP contribution is 2.38. The van der Waals surface area contributed by atoms with Crippen LogP contribution in [0.15, 0.2) is 63.5 Å². The Bertz CT molecular complexity index is 1620. The van der Waals surface area contributed by atoms with Crippen LogP contribution in [0.4, 0.5) is 8.78 Å². The number of rotatable bonds is 6. The molecule has 3 N–H and O–H groups in total. The molecule has 0 spiro atoms. The molecule has 36 heavy (non-hydrogen) atoms. The number of fused-ring (bicyclic) bond motifs is 1. The van der Waals surface area contributed by atoms with Crippen LogP contribution in [-0.4, -0.2) is 26.9 Å². The standard InChI is InChI=1S/C26H25F2N5O3/c1-14-6-5-7-15(2)24(14)36-21-13-32(3)22(34)9-17(21)19-12-33(4)25(35)23-18(19)8-20(31-23)16(10-29)11-30-26(27)28/h5-13,26,31H,29H2,1-4H3/b16-10+,30-11+. The molecule has 0 fully saturated rings. The lowest BCUT2D eigenvalue weighted by Gasteiger charge is -2.17. The summed E-state index contributed by atoms with van der Waals surface area (Å²) in [4.78, 5) is 31.6. The first-order chi connectivity index (χ1) is 17.1. The highest BCUT2D eigenvalue weighted by atomic mass is 19.3. The highest BCUT2D eigenvalue weighted by molar-refractivity contribution is 6.11. The number of nitrogens with zero attached hydrogens (tertiary/aromatic N) is 3. The molecule has 8 nitrogen and oxygen atoms in total. The molecule has 0 aliphatic rings. The zero-order valence-corrected chi connectivity index (χ0v) is 20.2. The number of pyridine rings is 2. The summed E-state index contributed by atoms with van der Waals surface area (Å²) in [5.41, 5.74) is 8.57. The van der Waals surface area contributed by atoms with Crippen molar-refractivity contribution >= 4 is 22.7 Å². The average molecular weight is 494 g/mol. The second-order valence-electron chi connectivity index (χ2n) is 8.43. The van der Waals surface area contributed by atoms with Gasteiger partial charge in [-0.25, -0.2) is 4.99 Å². The number of aliphatic imine (C=N–C) groups is 1. The van der Waals surface area contributed by atoms with E-state index in [9.17, 15) is 18.4 Å². The van der Waals surface area contributed by atoms with Gasteiger partial charge in [0.2, 0.25) is 0 Å². The minimum absolute atomic E-state index is 0.176. The van der Waals surface area contributed by atoms with E-state index in [0.717, 1.165) is 23.5 Å². The van der Waals surface area contributed by atoms with Crippen molar-refractivity contribution in [2.75, 3.05) is 0 Å². The summed E-state index contributed by atoms with van der Waals surface area (Å²) in [5.74, 6) is 1.07. The van der Waals surface area contributed by atoms with Crippen molar-refractivity contribution in [1.29, 1.82) is 0 Å². The summed E-state index contributed by atoms with van der Waals surface area (Å²) in [6, 6.07) is 8.83. The number of H-pyrrole nitrogens is 1. The second kappa shape index (κ2) is 9.65. The van der Waals surface area contributed by atoms with Gasteiger partial charge in [-0.1, -0.05) is 18.2 Å². The van der Waals surface area contributed by atoms with E-state index in [1.54, 1.807) is 32.6 Å². The number of benzene rings is 1. The maximum Gasteiger partial charge on any atom is 0.331 e. The monoisotopic (exact) mass is 493 g/mol. The molecule has 3 aromatic heterocycles. The summed E-state index contributed by atoms with van der Waals surface area (Å²) in [7, 11) is 3.20. The maximum atomic E-state index is 12.9. The van der Waals surface area contributed by atoms with Crippen LogP contribution in [0.2, 0.25) is 0 Å². The van der Waals surface area contributed by atoms with Gasteiger partial charge in [-0.3, -0.25) is 9.59 Å². The number of aromatic amines is 1. The Morgan fingerprint density at radius 1 is 1.08 bits per heavy atom. The molecule has 0 unspecified atom stereocenters. The third-order valence-corrected chi connectivity index (χ3v) is 5.88. The minimum atomic E-state index is -2.90. The number of hydrogen-bond acceptors (Lipinski definition) is 5. The molecule has 1 aromatic carbocycles. The minimum Gasteiger partial charge on any atom is -0.455 e. The highest BCUT2D eigenvalue weighted by Gasteiger charge is 2.19. The number of nitrogens with two attached hydrogens (primary N) is 1. The molecular formula is C26H25F2N5O3. The maximum absolute atomic E-state index is 12.9. The fourth-order valence-electron chi connectivity index (χ4n) is 4.01. The first-order valence-electron chi connectivity index (χ1n) is 11.0. The van der Waals surface area contributed by atoms with Gasteiger partial charge >= 0.3 is 6.55 Å². The lowest BCUT2D eigenvalue weighted by atomic mass is 10.0. The van der Waals surface area contributed by atoms with E-state index < -0.39 is 6.55 Å². The summed E-state index contributed by atoms with van der Waals surface area (Å²) >= 11 is 0. The quantitative estimate of drug-likeness (QED) is 0.310. The zero-order valence-electron chi connectivity index (χ0n) is 20.2. The van der Waals surface area contributed by atoms with Gasteiger partial charge in [0.05, 0.1) is 6.20 Å². The molecule has 0 amide bonds. The lowest BCUT2D eigenvalue weighted by molar-refractivity contribution is 0.161. The van der Waals surface area contributed by atoms with Crippen molar-refractivity contribution in [3.63, 3.8) is 0 Å². The van der Waals surface area contributed by atoms with Crippen LogP contribution in [0.1, 0.15) is 16.8 Å². The molecule has 4 aromatic rings. The van der Waals surface area contributed by atoms with E-state index in [0.29, 0.717) is 33.7 Å². The van der Waals surface area contributed by atoms with Crippen LogP contribution in [0.5, 0.6) is 11.5 Å². The Morgan fingerprint density at radius 2 is 1.78 bits per heavy atom. The lowest BCUT2D eigenvalue weighted by Crippen LogP contribution is -2.18. The van der Waals surface area contributed by atoms with Crippen molar-refractivity contribution in [3.8, 4) is 22.6 Å². The van der Waals surface area contributed by atoms with Crippen LogP contribution < -0.4 is 21.6 Å². The number of alkyl halides is 2. The number of hydrogen-bond donors (Lipinski definition) is 2. The summed E-state index contributed by atoms with van der Waals surface area (Å²) in [6.45, 7) is 0.945. The largest absolute Gasteiger partial charge is 0.455 e. The van der Waals surface area contributed by atoms with Gasteiger partial charge in [-0.05, 0) is 31.0 Å². The van der Waals surface area contributed by atoms with E-state index in [1.165, 1.54) is 15.2 Å². The number of allylic oxidation sites excluding steroid dienone is 1. The molecule has 4 rings (SSSR count). The van der Waals surface area contributed by atoms with Crippen LogP contribution in [0.3, 0.4) is 0 Å². The molecule has 0 saturated carbocycles. The Labute approximate surface area is 205 Å². The van der Waals surface area contributed by atoms with Gasteiger partial charge in [0.25, 0.3) is 11.1 Å². The Balaban J connectivity index is 1.98. The smallest absolute Gasteiger partial charge is 0.331 e. The molecule has 0 radical (unpaired) electrons.